The highest BCUT2D eigenvalue weighted by molar-refractivity contribution is 7.99. The molecule has 2 unspecified atom stereocenters. The van der Waals surface area contributed by atoms with Gasteiger partial charge < -0.3 is 10.2 Å². The topological polar surface area (TPSA) is 15.3 Å². The number of piperidine rings is 3. The summed E-state index contributed by atoms with van der Waals surface area (Å²) in [6.45, 7) is 3.94. The molecule has 0 spiro atoms. The number of fused-ring (bicyclic) bond motifs is 4. The highest BCUT2D eigenvalue weighted by Crippen LogP contribution is 2.39. The van der Waals surface area contributed by atoms with Crippen LogP contribution in [0.5, 0.6) is 0 Å². The average Bonchev–Trinajstić information content (AvgIpc) is 2.84. The van der Waals surface area contributed by atoms with Gasteiger partial charge in [-0.05, 0) is 43.5 Å². The van der Waals surface area contributed by atoms with Crippen LogP contribution in [0.4, 0.5) is 0 Å². The van der Waals surface area contributed by atoms with Gasteiger partial charge in [0.15, 0.2) is 0 Å². The lowest BCUT2D eigenvalue weighted by Crippen LogP contribution is -2.56. The lowest BCUT2D eigenvalue weighted by Gasteiger charge is -2.46. The highest BCUT2D eigenvalue weighted by Gasteiger charge is 2.36. The Kier molecular flexibility index (Phi) is 2.86. The van der Waals surface area contributed by atoms with E-state index in [1.165, 1.54) is 48.7 Å². The third kappa shape index (κ3) is 1.89. The molecule has 3 heteroatoms. The van der Waals surface area contributed by atoms with E-state index in [1.807, 2.05) is 11.8 Å². The van der Waals surface area contributed by atoms with Gasteiger partial charge in [0, 0.05) is 29.3 Å². The van der Waals surface area contributed by atoms with E-state index < -0.39 is 0 Å². The fourth-order valence-corrected chi connectivity index (χ4v) is 4.89. The zero-order chi connectivity index (χ0) is 11.9. The smallest absolute Gasteiger partial charge is 0.0429 e. The van der Waals surface area contributed by atoms with Crippen molar-refractivity contribution in [1.29, 1.82) is 0 Å². The quantitative estimate of drug-likeness (QED) is 0.879. The van der Waals surface area contributed by atoms with E-state index in [-0.39, 0.29) is 0 Å². The van der Waals surface area contributed by atoms with Crippen LogP contribution in [0.3, 0.4) is 0 Å². The SMILES string of the molecule is c1ccc2c(c1)SCC2NC1CN2CCC1CC2. The summed E-state index contributed by atoms with van der Waals surface area (Å²) in [5.41, 5.74) is 1.53. The summed E-state index contributed by atoms with van der Waals surface area (Å²) in [5.74, 6) is 2.13. The molecule has 1 aromatic carbocycles. The van der Waals surface area contributed by atoms with Crippen molar-refractivity contribution in [2.45, 2.75) is 29.8 Å². The maximum atomic E-state index is 3.94. The second-order valence-electron chi connectivity index (χ2n) is 5.81. The first kappa shape index (κ1) is 11.3. The minimum atomic E-state index is 0.580. The van der Waals surface area contributed by atoms with E-state index in [0.717, 1.165) is 12.0 Å². The molecule has 5 rings (SSSR count). The molecule has 0 aromatic heterocycles. The molecular formula is C15H20N2S. The molecular weight excluding hydrogens is 240 g/mol. The van der Waals surface area contributed by atoms with E-state index >= 15 is 0 Å². The maximum absolute atomic E-state index is 3.94. The van der Waals surface area contributed by atoms with Gasteiger partial charge in [0.2, 0.25) is 0 Å². The van der Waals surface area contributed by atoms with Crippen molar-refractivity contribution in [3.05, 3.63) is 29.8 Å². The lowest BCUT2D eigenvalue weighted by molar-refractivity contribution is 0.0683. The van der Waals surface area contributed by atoms with Gasteiger partial charge in [0.25, 0.3) is 0 Å². The van der Waals surface area contributed by atoms with Gasteiger partial charge in [-0.15, -0.1) is 11.8 Å². The second kappa shape index (κ2) is 4.55. The van der Waals surface area contributed by atoms with Crippen LogP contribution in [0, 0.1) is 5.92 Å². The first-order valence-electron chi connectivity index (χ1n) is 7.10. The van der Waals surface area contributed by atoms with E-state index in [0.29, 0.717) is 6.04 Å². The molecule has 2 nitrogen and oxygen atoms in total. The summed E-state index contributed by atoms with van der Waals surface area (Å²) < 4.78 is 0. The molecule has 96 valence electrons. The fraction of sp³-hybridized carbons (Fsp3) is 0.600. The van der Waals surface area contributed by atoms with Crippen molar-refractivity contribution in [1.82, 2.24) is 10.2 Å². The molecule has 3 saturated heterocycles. The number of nitrogens with one attached hydrogen (secondary N) is 1. The van der Waals surface area contributed by atoms with E-state index in [1.54, 1.807) is 0 Å². The van der Waals surface area contributed by atoms with Gasteiger partial charge in [-0.25, -0.2) is 0 Å². The summed E-state index contributed by atoms with van der Waals surface area (Å²) in [4.78, 5) is 4.11. The van der Waals surface area contributed by atoms with Crippen molar-refractivity contribution in [3.63, 3.8) is 0 Å². The molecule has 18 heavy (non-hydrogen) atoms. The molecule has 4 aliphatic rings. The molecule has 3 fully saturated rings. The third-order valence-corrected chi connectivity index (χ3v) is 5.95. The number of hydrogen-bond acceptors (Lipinski definition) is 3. The Bertz CT molecular complexity index is 440. The van der Waals surface area contributed by atoms with Crippen LogP contribution in [0.1, 0.15) is 24.4 Å². The van der Waals surface area contributed by atoms with Crippen LogP contribution in [0.25, 0.3) is 0 Å². The van der Waals surface area contributed by atoms with Gasteiger partial charge in [0.05, 0.1) is 0 Å². The molecule has 0 aliphatic carbocycles. The molecule has 2 atom stereocenters. The standard InChI is InChI=1S/C15H20N2S/c1-2-4-15-12(3-1)14(10-18-15)16-13-9-17-7-5-11(13)6-8-17/h1-4,11,13-14,16H,5-10H2. The summed E-state index contributed by atoms with van der Waals surface area (Å²) in [7, 11) is 0. The van der Waals surface area contributed by atoms with Crippen molar-refractivity contribution < 1.29 is 0 Å². The molecule has 0 radical (unpaired) electrons. The van der Waals surface area contributed by atoms with Crippen LogP contribution in [0.15, 0.2) is 29.2 Å². The predicted molar refractivity (Wildman–Crippen MR) is 76.0 cm³/mol. The first-order chi connectivity index (χ1) is 8.90. The summed E-state index contributed by atoms with van der Waals surface area (Å²) in [5, 5.41) is 3.94. The number of thioether (sulfide) groups is 1. The number of hydrogen-bond donors (Lipinski definition) is 1. The minimum absolute atomic E-state index is 0.580. The van der Waals surface area contributed by atoms with Crippen molar-refractivity contribution >= 4 is 11.8 Å². The summed E-state index contributed by atoms with van der Waals surface area (Å²) in [6, 6.07) is 10.2. The lowest BCUT2D eigenvalue weighted by atomic mass is 9.83. The zero-order valence-corrected chi connectivity index (χ0v) is 11.5. The molecule has 4 heterocycles. The first-order valence-corrected chi connectivity index (χ1v) is 8.09. The third-order valence-electron chi connectivity index (χ3n) is 4.77. The monoisotopic (exact) mass is 260 g/mol. The van der Waals surface area contributed by atoms with E-state index in [9.17, 15) is 0 Å². The predicted octanol–water partition coefficient (Wildman–Crippen LogP) is 2.52. The molecule has 1 aromatic rings. The number of nitrogens with zero attached hydrogens (tertiary/aromatic N) is 1. The average molecular weight is 260 g/mol. The zero-order valence-electron chi connectivity index (χ0n) is 10.6. The van der Waals surface area contributed by atoms with Crippen LogP contribution >= 0.6 is 11.8 Å². The van der Waals surface area contributed by atoms with Gasteiger partial charge in [-0.2, -0.15) is 0 Å². The Balaban J connectivity index is 1.50. The van der Waals surface area contributed by atoms with Crippen molar-refractivity contribution in [2.75, 3.05) is 25.4 Å². The Labute approximate surface area is 113 Å². The fourth-order valence-electron chi connectivity index (χ4n) is 3.71. The second-order valence-corrected chi connectivity index (χ2v) is 6.87. The van der Waals surface area contributed by atoms with Crippen LogP contribution in [0.2, 0.25) is 0 Å². The van der Waals surface area contributed by atoms with E-state index in [4.69, 9.17) is 0 Å². The van der Waals surface area contributed by atoms with Crippen LogP contribution < -0.4 is 5.32 Å². The van der Waals surface area contributed by atoms with Crippen molar-refractivity contribution in [3.8, 4) is 0 Å². The van der Waals surface area contributed by atoms with Gasteiger partial charge in [0.1, 0.15) is 0 Å². The number of rotatable bonds is 2. The molecule has 0 amide bonds. The number of benzene rings is 1. The maximum Gasteiger partial charge on any atom is 0.0429 e. The Morgan fingerprint density at radius 3 is 2.78 bits per heavy atom. The normalized spacial score (nSPS) is 37.8. The van der Waals surface area contributed by atoms with Gasteiger partial charge in [-0.1, -0.05) is 18.2 Å². The Morgan fingerprint density at radius 1 is 1.17 bits per heavy atom. The Hall–Kier alpha value is -0.510. The molecule has 1 N–H and O–H groups in total. The summed E-state index contributed by atoms with van der Waals surface area (Å²) in [6.07, 6.45) is 2.80. The highest BCUT2D eigenvalue weighted by atomic mass is 32.2. The van der Waals surface area contributed by atoms with Crippen LogP contribution in [-0.2, 0) is 0 Å². The van der Waals surface area contributed by atoms with Crippen molar-refractivity contribution in [2.24, 2.45) is 5.92 Å². The minimum Gasteiger partial charge on any atom is -0.305 e. The summed E-state index contributed by atoms with van der Waals surface area (Å²) >= 11 is 2.01. The van der Waals surface area contributed by atoms with Gasteiger partial charge in [-0.3, -0.25) is 0 Å². The van der Waals surface area contributed by atoms with Crippen LogP contribution in [-0.4, -0.2) is 36.3 Å². The molecule has 4 aliphatic heterocycles. The Morgan fingerprint density at radius 2 is 2.00 bits per heavy atom. The molecule has 2 bridgehead atoms. The molecule has 0 saturated carbocycles. The van der Waals surface area contributed by atoms with E-state index in [2.05, 4.69) is 34.5 Å². The largest absolute Gasteiger partial charge is 0.305 e. The van der Waals surface area contributed by atoms with Gasteiger partial charge >= 0.3 is 0 Å².